The Hall–Kier alpha value is -2.92. The van der Waals surface area contributed by atoms with Crippen LogP contribution in [0.2, 0.25) is 5.02 Å². The lowest BCUT2D eigenvalue weighted by Crippen LogP contribution is -2.22. The van der Waals surface area contributed by atoms with Crippen LogP contribution in [0.25, 0.3) is 0 Å². The van der Waals surface area contributed by atoms with E-state index in [2.05, 4.69) is 10.3 Å². The summed E-state index contributed by atoms with van der Waals surface area (Å²) >= 11 is 6.04. The molecule has 0 unspecified atom stereocenters. The number of amides is 1. The molecule has 2 atom stereocenters. The number of aromatic nitrogens is 2. The van der Waals surface area contributed by atoms with Crippen LogP contribution in [0.15, 0.2) is 71.8 Å². The van der Waals surface area contributed by atoms with Crippen molar-refractivity contribution in [2.75, 3.05) is 5.32 Å². The highest BCUT2D eigenvalue weighted by atomic mass is 35.5. The van der Waals surface area contributed by atoms with Gasteiger partial charge in [0.25, 0.3) is 0 Å². The third kappa shape index (κ3) is 4.09. The molecule has 0 radical (unpaired) electrons. The van der Waals surface area contributed by atoms with Gasteiger partial charge in [-0.05, 0) is 53.8 Å². The van der Waals surface area contributed by atoms with Crippen molar-refractivity contribution in [3.05, 3.63) is 93.6 Å². The molecule has 2 aromatic carbocycles. The minimum absolute atomic E-state index is 0.00988. The predicted molar refractivity (Wildman–Crippen MR) is 105 cm³/mol. The fourth-order valence-electron chi connectivity index (χ4n) is 3.28. The Balaban J connectivity index is 1.42. The first-order valence-corrected chi connectivity index (χ1v) is 9.15. The molecule has 1 saturated carbocycles. The number of nitrogens with zero attached hydrogens (tertiary/aromatic N) is 2. The van der Waals surface area contributed by atoms with E-state index in [1.54, 1.807) is 12.3 Å². The fraction of sp³-hybridized carbons (Fsp3) is 0.190. The second-order valence-electron chi connectivity index (χ2n) is 6.72. The van der Waals surface area contributed by atoms with Gasteiger partial charge < -0.3 is 5.32 Å². The van der Waals surface area contributed by atoms with Crippen LogP contribution in [-0.4, -0.2) is 15.5 Å². The van der Waals surface area contributed by atoms with Gasteiger partial charge in [0, 0.05) is 29.0 Å². The molecule has 1 aliphatic rings. The van der Waals surface area contributed by atoms with Crippen molar-refractivity contribution < 1.29 is 4.79 Å². The predicted octanol–water partition coefficient (Wildman–Crippen LogP) is 3.69. The Bertz CT molecular complexity index is 1050. The summed E-state index contributed by atoms with van der Waals surface area (Å²) in [5.74, 6) is 0.199. The standard InChI is InChI=1S/C21H18ClN3O2/c22-16-6-2-5-15(11-16)18-12-19(18)20(26)24-17-7-1-4-14(10-17)13-25-9-3-8-23-21(25)27/h1-11,18-19H,12-13H2,(H,24,26)/t18-,19+/m1/s1. The summed E-state index contributed by atoms with van der Waals surface area (Å²) in [5, 5.41) is 3.68. The van der Waals surface area contributed by atoms with Crippen molar-refractivity contribution >= 4 is 23.2 Å². The number of halogens is 1. The smallest absolute Gasteiger partial charge is 0.326 e. The lowest BCUT2D eigenvalue weighted by Gasteiger charge is -2.09. The second-order valence-corrected chi connectivity index (χ2v) is 7.16. The van der Waals surface area contributed by atoms with Crippen molar-refractivity contribution in [3.8, 4) is 0 Å². The van der Waals surface area contributed by atoms with Gasteiger partial charge in [-0.15, -0.1) is 0 Å². The van der Waals surface area contributed by atoms with Crippen LogP contribution in [-0.2, 0) is 11.3 Å². The minimum atomic E-state index is -0.297. The summed E-state index contributed by atoms with van der Waals surface area (Å²) in [6, 6.07) is 16.9. The van der Waals surface area contributed by atoms with Gasteiger partial charge >= 0.3 is 5.69 Å². The van der Waals surface area contributed by atoms with E-state index in [0.29, 0.717) is 11.6 Å². The zero-order valence-corrected chi connectivity index (χ0v) is 15.3. The van der Waals surface area contributed by atoms with Crippen LogP contribution < -0.4 is 11.0 Å². The van der Waals surface area contributed by atoms with Gasteiger partial charge in [0.2, 0.25) is 5.91 Å². The molecular formula is C21H18ClN3O2. The average Bonchev–Trinajstić information content (AvgIpc) is 3.45. The highest BCUT2D eigenvalue weighted by Crippen LogP contribution is 2.48. The third-order valence-corrected chi connectivity index (χ3v) is 4.97. The van der Waals surface area contributed by atoms with E-state index in [1.165, 1.54) is 10.8 Å². The Morgan fingerprint density at radius 2 is 2.04 bits per heavy atom. The van der Waals surface area contributed by atoms with E-state index < -0.39 is 0 Å². The zero-order chi connectivity index (χ0) is 18.8. The number of hydrogen-bond donors (Lipinski definition) is 1. The third-order valence-electron chi connectivity index (χ3n) is 4.73. The molecule has 5 nitrogen and oxygen atoms in total. The van der Waals surface area contributed by atoms with Crippen molar-refractivity contribution in [2.24, 2.45) is 5.92 Å². The number of hydrogen-bond acceptors (Lipinski definition) is 3. The molecule has 1 aromatic heterocycles. The number of rotatable bonds is 5. The number of benzene rings is 2. The van der Waals surface area contributed by atoms with Crippen LogP contribution >= 0.6 is 11.6 Å². The first-order chi connectivity index (χ1) is 13.1. The SMILES string of the molecule is O=C(Nc1cccc(Cn2cccnc2=O)c1)[C@H]1C[C@@H]1c1cccc(Cl)c1. The zero-order valence-electron chi connectivity index (χ0n) is 14.5. The van der Waals surface area contributed by atoms with Gasteiger partial charge in [0.1, 0.15) is 0 Å². The summed E-state index contributed by atoms with van der Waals surface area (Å²) in [6.07, 6.45) is 4.00. The van der Waals surface area contributed by atoms with E-state index in [9.17, 15) is 9.59 Å². The molecular weight excluding hydrogens is 362 g/mol. The maximum absolute atomic E-state index is 12.6. The van der Waals surface area contributed by atoms with Crippen molar-refractivity contribution in [2.45, 2.75) is 18.9 Å². The van der Waals surface area contributed by atoms with Crippen LogP contribution in [0.1, 0.15) is 23.5 Å². The summed E-state index contributed by atoms with van der Waals surface area (Å²) in [7, 11) is 0. The lowest BCUT2D eigenvalue weighted by atomic mass is 10.1. The molecule has 0 bridgehead atoms. The number of carbonyl (C=O) groups excluding carboxylic acids is 1. The Labute approximate surface area is 161 Å². The van der Waals surface area contributed by atoms with E-state index in [-0.39, 0.29) is 23.4 Å². The second kappa shape index (κ2) is 7.37. The first kappa shape index (κ1) is 17.5. The van der Waals surface area contributed by atoms with Crippen LogP contribution in [0.5, 0.6) is 0 Å². The molecule has 4 rings (SSSR count). The molecule has 0 spiro atoms. The molecule has 1 fully saturated rings. The maximum Gasteiger partial charge on any atom is 0.347 e. The summed E-state index contributed by atoms with van der Waals surface area (Å²) in [4.78, 5) is 28.1. The van der Waals surface area contributed by atoms with Gasteiger partial charge in [0.05, 0.1) is 6.54 Å². The monoisotopic (exact) mass is 379 g/mol. The summed E-state index contributed by atoms with van der Waals surface area (Å²) in [6.45, 7) is 0.408. The largest absolute Gasteiger partial charge is 0.347 e. The molecule has 136 valence electrons. The van der Waals surface area contributed by atoms with Gasteiger partial charge in [-0.2, -0.15) is 0 Å². The Kier molecular flexibility index (Phi) is 4.77. The number of carbonyl (C=O) groups is 1. The molecule has 1 aliphatic carbocycles. The van der Waals surface area contributed by atoms with Gasteiger partial charge in [0.15, 0.2) is 0 Å². The average molecular weight is 380 g/mol. The molecule has 1 N–H and O–H groups in total. The van der Waals surface area contributed by atoms with E-state index in [1.807, 2.05) is 48.5 Å². The maximum atomic E-state index is 12.6. The molecule has 6 heteroatoms. The fourth-order valence-corrected chi connectivity index (χ4v) is 3.48. The number of nitrogens with one attached hydrogen (secondary N) is 1. The topological polar surface area (TPSA) is 64.0 Å². The van der Waals surface area contributed by atoms with Crippen LogP contribution in [0, 0.1) is 5.92 Å². The van der Waals surface area contributed by atoms with E-state index in [4.69, 9.17) is 11.6 Å². The molecule has 27 heavy (non-hydrogen) atoms. The Morgan fingerprint density at radius 3 is 2.85 bits per heavy atom. The van der Waals surface area contributed by atoms with E-state index in [0.717, 1.165) is 23.2 Å². The normalized spacial score (nSPS) is 18.1. The number of anilines is 1. The molecule has 1 heterocycles. The minimum Gasteiger partial charge on any atom is -0.326 e. The highest BCUT2D eigenvalue weighted by molar-refractivity contribution is 6.30. The Morgan fingerprint density at radius 1 is 1.19 bits per heavy atom. The quantitative estimate of drug-likeness (QED) is 0.735. The van der Waals surface area contributed by atoms with Crippen molar-refractivity contribution in [3.63, 3.8) is 0 Å². The van der Waals surface area contributed by atoms with Crippen LogP contribution in [0.3, 0.4) is 0 Å². The summed E-state index contributed by atoms with van der Waals surface area (Å²) in [5.41, 5.74) is 2.46. The van der Waals surface area contributed by atoms with Gasteiger partial charge in [-0.25, -0.2) is 9.78 Å². The van der Waals surface area contributed by atoms with Crippen molar-refractivity contribution in [1.29, 1.82) is 0 Å². The van der Waals surface area contributed by atoms with E-state index >= 15 is 0 Å². The highest BCUT2D eigenvalue weighted by Gasteiger charge is 2.43. The lowest BCUT2D eigenvalue weighted by molar-refractivity contribution is -0.117. The van der Waals surface area contributed by atoms with Crippen LogP contribution in [0.4, 0.5) is 5.69 Å². The van der Waals surface area contributed by atoms with Gasteiger partial charge in [-0.3, -0.25) is 9.36 Å². The molecule has 1 amide bonds. The van der Waals surface area contributed by atoms with Crippen molar-refractivity contribution in [1.82, 2.24) is 9.55 Å². The summed E-state index contributed by atoms with van der Waals surface area (Å²) < 4.78 is 1.52. The molecule has 0 aliphatic heterocycles. The van der Waals surface area contributed by atoms with Gasteiger partial charge in [-0.1, -0.05) is 35.9 Å². The first-order valence-electron chi connectivity index (χ1n) is 8.77. The molecule has 3 aromatic rings. The molecule has 0 saturated heterocycles.